The quantitative estimate of drug-likeness (QED) is 0.601. The van der Waals surface area contributed by atoms with Crippen LogP contribution in [0, 0.1) is 6.92 Å². The molecule has 3 aromatic rings. The van der Waals surface area contributed by atoms with Crippen LogP contribution in [0.4, 0.5) is 10.5 Å². The van der Waals surface area contributed by atoms with Gasteiger partial charge in [0.25, 0.3) is 0 Å². The summed E-state index contributed by atoms with van der Waals surface area (Å²) in [6.45, 7) is 1.93. The molecule has 3 rings (SSSR count). The number of nitrogens with one attached hydrogen (secondary N) is 1. The summed E-state index contributed by atoms with van der Waals surface area (Å²) >= 11 is 0. The lowest BCUT2D eigenvalue weighted by Gasteiger charge is -2.12. The Hall–Kier alpha value is -3.47. The molecular formula is C21H19NO4. The van der Waals surface area contributed by atoms with Crippen LogP contribution >= 0.6 is 0 Å². The predicted octanol–water partition coefficient (Wildman–Crippen LogP) is 4.61. The number of aromatic hydroxyl groups is 2. The first-order valence-electron chi connectivity index (χ1n) is 8.16. The summed E-state index contributed by atoms with van der Waals surface area (Å²) in [6, 6.07) is 19.0. The van der Waals surface area contributed by atoms with E-state index in [4.69, 9.17) is 4.74 Å². The van der Waals surface area contributed by atoms with Gasteiger partial charge in [0.1, 0.15) is 17.2 Å². The molecule has 1 amide bonds. The van der Waals surface area contributed by atoms with Crippen molar-refractivity contribution >= 4 is 11.8 Å². The van der Waals surface area contributed by atoms with Gasteiger partial charge >= 0.3 is 6.09 Å². The van der Waals surface area contributed by atoms with Crippen molar-refractivity contribution < 1.29 is 19.7 Å². The summed E-state index contributed by atoms with van der Waals surface area (Å²) in [7, 11) is 0. The van der Waals surface area contributed by atoms with Crippen LogP contribution < -0.4 is 10.1 Å². The van der Waals surface area contributed by atoms with Crippen molar-refractivity contribution in [1.82, 2.24) is 0 Å². The molecule has 0 aliphatic rings. The van der Waals surface area contributed by atoms with Crippen molar-refractivity contribution in [2.45, 2.75) is 13.3 Å². The Kier molecular flexibility index (Phi) is 5.08. The molecule has 5 nitrogen and oxygen atoms in total. The van der Waals surface area contributed by atoms with E-state index in [1.807, 2.05) is 25.1 Å². The summed E-state index contributed by atoms with van der Waals surface area (Å²) < 4.78 is 5.17. The van der Waals surface area contributed by atoms with Crippen LogP contribution in [0.25, 0.3) is 0 Å². The number of carbonyl (C=O) groups is 1. The molecule has 0 saturated carbocycles. The first kappa shape index (κ1) is 17.4. The van der Waals surface area contributed by atoms with E-state index in [-0.39, 0.29) is 17.2 Å². The zero-order valence-corrected chi connectivity index (χ0v) is 14.3. The van der Waals surface area contributed by atoms with Crippen LogP contribution in [0.15, 0.2) is 66.7 Å². The third kappa shape index (κ3) is 4.13. The topological polar surface area (TPSA) is 78.8 Å². The molecular weight excluding hydrogens is 330 g/mol. The Labute approximate surface area is 151 Å². The number of benzene rings is 3. The molecule has 0 spiro atoms. The Morgan fingerprint density at radius 2 is 1.73 bits per heavy atom. The van der Waals surface area contributed by atoms with Crippen molar-refractivity contribution in [3.63, 3.8) is 0 Å². The average Bonchev–Trinajstić information content (AvgIpc) is 2.62. The number of hydrogen-bond acceptors (Lipinski definition) is 4. The van der Waals surface area contributed by atoms with Crippen molar-refractivity contribution in [2.24, 2.45) is 0 Å². The van der Waals surface area contributed by atoms with E-state index < -0.39 is 6.09 Å². The van der Waals surface area contributed by atoms with Crippen molar-refractivity contribution in [3.05, 3.63) is 83.4 Å². The second kappa shape index (κ2) is 7.61. The minimum Gasteiger partial charge on any atom is -0.508 e. The smallest absolute Gasteiger partial charge is 0.417 e. The Bertz CT molecular complexity index is 923. The molecule has 0 aliphatic heterocycles. The van der Waals surface area contributed by atoms with Crippen molar-refractivity contribution in [1.29, 1.82) is 0 Å². The van der Waals surface area contributed by atoms with Gasteiger partial charge in [-0.3, -0.25) is 5.32 Å². The molecule has 0 fully saturated rings. The molecule has 3 aromatic carbocycles. The third-order valence-electron chi connectivity index (χ3n) is 3.93. The first-order valence-corrected chi connectivity index (χ1v) is 8.16. The fourth-order valence-electron chi connectivity index (χ4n) is 2.63. The standard InChI is InChI=1S/C21H19NO4/c1-14-10-11-19(23)16(12-14)13-15-6-5-9-18(20(15)24)22-21(25)26-17-7-3-2-4-8-17/h2-12,23-24H,13H2,1H3,(H,22,25). The molecule has 0 heterocycles. The van der Waals surface area contributed by atoms with E-state index in [0.717, 1.165) is 5.56 Å². The highest BCUT2D eigenvalue weighted by atomic mass is 16.6. The Morgan fingerprint density at radius 3 is 2.50 bits per heavy atom. The second-order valence-corrected chi connectivity index (χ2v) is 5.95. The maximum atomic E-state index is 12.0. The normalized spacial score (nSPS) is 10.3. The average molecular weight is 349 g/mol. The number of phenols is 2. The summed E-state index contributed by atoms with van der Waals surface area (Å²) in [6.07, 6.45) is -0.357. The van der Waals surface area contributed by atoms with Crippen LogP contribution in [0.2, 0.25) is 0 Å². The fourth-order valence-corrected chi connectivity index (χ4v) is 2.63. The van der Waals surface area contributed by atoms with Crippen LogP contribution in [-0.4, -0.2) is 16.3 Å². The minimum absolute atomic E-state index is 0.0570. The van der Waals surface area contributed by atoms with E-state index in [1.165, 1.54) is 0 Å². The van der Waals surface area contributed by atoms with Crippen molar-refractivity contribution in [2.75, 3.05) is 5.32 Å². The third-order valence-corrected chi connectivity index (χ3v) is 3.93. The SMILES string of the molecule is Cc1ccc(O)c(Cc2cccc(NC(=O)Oc3ccccc3)c2O)c1. The zero-order valence-electron chi connectivity index (χ0n) is 14.3. The molecule has 0 radical (unpaired) electrons. The number of amides is 1. The number of para-hydroxylation sites is 2. The van der Waals surface area contributed by atoms with Gasteiger partial charge in [-0.1, -0.05) is 48.0 Å². The molecule has 5 heteroatoms. The fraction of sp³-hybridized carbons (Fsp3) is 0.0952. The molecule has 0 aliphatic carbocycles. The maximum Gasteiger partial charge on any atom is 0.417 e. The Morgan fingerprint density at radius 1 is 0.962 bits per heavy atom. The van der Waals surface area contributed by atoms with Gasteiger partial charge in [0, 0.05) is 12.0 Å². The summed E-state index contributed by atoms with van der Waals surface area (Å²) in [5.41, 5.74) is 2.54. The number of carbonyl (C=O) groups excluding carboxylic acids is 1. The number of ether oxygens (including phenoxy) is 1. The largest absolute Gasteiger partial charge is 0.508 e. The molecule has 26 heavy (non-hydrogen) atoms. The van der Waals surface area contributed by atoms with Gasteiger partial charge in [-0.15, -0.1) is 0 Å². The lowest BCUT2D eigenvalue weighted by atomic mass is 10.0. The van der Waals surface area contributed by atoms with E-state index in [0.29, 0.717) is 23.3 Å². The van der Waals surface area contributed by atoms with Gasteiger partial charge < -0.3 is 14.9 Å². The van der Waals surface area contributed by atoms with Crippen LogP contribution in [0.5, 0.6) is 17.2 Å². The molecule has 0 atom stereocenters. The van der Waals surface area contributed by atoms with Crippen LogP contribution in [0.1, 0.15) is 16.7 Å². The molecule has 0 aromatic heterocycles. The van der Waals surface area contributed by atoms with Gasteiger partial charge in [0.2, 0.25) is 0 Å². The van der Waals surface area contributed by atoms with Crippen LogP contribution in [0.3, 0.4) is 0 Å². The summed E-state index contributed by atoms with van der Waals surface area (Å²) in [5, 5.41) is 23.0. The maximum absolute atomic E-state index is 12.0. The lowest BCUT2D eigenvalue weighted by molar-refractivity contribution is 0.215. The summed E-state index contributed by atoms with van der Waals surface area (Å²) in [4.78, 5) is 12.0. The van der Waals surface area contributed by atoms with E-state index in [9.17, 15) is 15.0 Å². The van der Waals surface area contributed by atoms with Gasteiger partial charge in [0.15, 0.2) is 0 Å². The second-order valence-electron chi connectivity index (χ2n) is 5.95. The number of hydrogen-bond donors (Lipinski definition) is 3. The lowest BCUT2D eigenvalue weighted by Crippen LogP contribution is -2.17. The number of phenolic OH excluding ortho intramolecular Hbond substituents is 2. The molecule has 132 valence electrons. The van der Waals surface area contributed by atoms with Gasteiger partial charge in [0.05, 0.1) is 5.69 Å². The number of rotatable bonds is 4. The van der Waals surface area contributed by atoms with Gasteiger partial charge in [-0.2, -0.15) is 0 Å². The molecule has 0 saturated heterocycles. The van der Waals surface area contributed by atoms with E-state index in [2.05, 4.69) is 5.32 Å². The van der Waals surface area contributed by atoms with Gasteiger partial charge in [-0.05, 0) is 36.8 Å². The summed E-state index contributed by atoms with van der Waals surface area (Å²) in [5.74, 6) is 0.514. The van der Waals surface area contributed by atoms with E-state index in [1.54, 1.807) is 48.5 Å². The molecule has 0 unspecified atom stereocenters. The molecule has 3 N–H and O–H groups in total. The highest BCUT2D eigenvalue weighted by Gasteiger charge is 2.13. The molecule has 0 bridgehead atoms. The highest BCUT2D eigenvalue weighted by Crippen LogP contribution is 2.31. The van der Waals surface area contributed by atoms with Crippen molar-refractivity contribution in [3.8, 4) is 17.2 Å². The highest BCUT2D eigenvalue weighted by molar-refractivity contribution is 5.88. The zero-order chi connectivity index (χ0) is 18.5. The van der Waals surface area contributed by atoms with E-state index >= 15 is 0 Å². The first-order chi connectivity index (χ1) is 12.5. The Balaban J connectivity index is 1.76. The monoisotopic (exact) mass is 349 g/mol. The predicted molar refractivity (Wildman–Crippen MR) is 99.8 cm³/mol. The number of anilines is 1. The minimum atomic E-state index is -0.693. The number of aryl methyl sites for hydroxylation is 1. The van der Waals surface area contributed by atoms with Crippen LogP contribution in [-0.2, 0) is 6.42 Å². The van der Waals surface area contributed by atoms with Gasteiger partial charge in [-0.25, -0.2) is 4.79 Å².